The highest BCUT2D eigenvalue weighted by atomic mass is 19.1. The molecule has 1 amide bonds. The van der Waals surface area contributed by atoms with Gasteiger partial charge in [-0.05, 0) is 35.9 Å². The Kier molecular flexibility index (Phi) is 7.59. The molecule has 0 unspecified atom stereocenters. The summed E-state index contributed by atoms with van der Waals surface area (Å²) >= 11 is 0. The lowest BCUT2D eigenvalue weighted by Gasteiger charge is -2.30. The average molecular weight is 420 g/mol. The van der Waals surface area contributed by atoms with E-state index in [0.717, 1.165) is 36.9 Å². The smallest absolute Gasteiger partial charge is 0.257 e. The van der Waals surface area contributed by atoms with E-state index in [9.17, 15) is 13.6 Å². The first-order chi connectivity index (χ1) is 14.5. The van der Waals surface area contributed by atoms with Crippen molar-refractivity contribution in [2.24, 2.45) is 0 Å². The lowest BCUT2D eigenvalue weighted by Crippen LogP contribution is -2.43. The van der Waals surface area contributed by atoms with E-state index in [4.69, 9.17) is 14.2 Å². The number of morpholine rings is 1. The van der Waals surface area contributed by atoms with Gasteiger partial charge in [0, 0.05) is 32.7 Å². The summed E-state index contributed by atoms with van der Waals surface area (Å²) in [4.78, 5) is 16.8. The highest BCUT2D eigenvalue weighted by Gasteiger charge is 2.22. The minimum absolute atomic E-state index is 0.222. The van der Waals surface area contributed by atoms with Crippen LogP contribution in [-0.2, 0) is 11.3 Å². The minimum atomic E-state index is -0.745. The van der Waals surface area contributed by atoms with E-state index in [1.807, 2.05) is 6.07 Å². The van der Waals surface area contributed by atoms with Crippen LogP contribution in [0.5, 0.6) is 11.5 Å². The largest absolute Gasteiger partial charge is 0.493 e. The van der Waals surface area contributed by atoms with Crippen molar-refractivity contribution in [1.82, 2.24) is 9.80 Å². The van der Waals surface area contributed by atoms with Gasteiger partial charge in [0.2, 0.25) is 0 Å². The predicted octanol–water partition coefficient (Wildman–Crippen LogP) is 2.96. The molecule has 0 aromatic heterocycles. The second-order valence-electron chi connectivity index (χ2n) is 6.99. The fraction of sp³-hybridized carbons (Fsp3) is 0.409. The van der Waals surface area contributed by atoms with E-state index in [0.29, 0.717) is 37.8 Å². The molecule has 1 fully saturated rings. The number of amides is 1. The number of nitrogens with zero attached hydrogens (tertiary/aromatic N) is 2. The number of carbonyl (C=O) groups is 1. The van der Waals surface area contributed by atoms with Crippen LogP contribution in [-0.4, -0.2) is 69.3 Å². The zero-order valence-electron chi connectivity index (χ0n) is 17.2. The molecule has 0 radical (unpaired) electrons. The molecule has 30 heavy (non-hydrogen) atoms. The van der Waals surface area contributed by atoms with Crippen molar-refractivity contribution >= 4 is 5.91 Å². The lowest BCUT2D eigenvalue weighted by atomic mass is 10.1. The number of methoxy groups -OCH3 is 2. The van der Waals surface area contributed by atoms with E-state index >= 15 is 0 Å². The topological polar surface area (TPSA) is 51.2 Å². The summed E-state index contributed by atoms with van der Waals surface area (Å²) in [5, 5.41) is 0. The van der Waals surface area contributed by atoms with E-state index in [1.54, 1.807) is 19.2 Å². The number of benzene rings is 2. The van der Waals surface area contributed by atoms with Crippen molar-refractivity contribution in [2.75, 3.05) is 53.6 Å². The van der Waals surface area contributed by atoms with Crippen LogP contribution in [0.15, 0.2) is 36.4 Å². The summed E-state index contributed by atoms with van der Waals surface area (Å²) in [6.07, 6.45) is 0. The number of hydrogen-bond acceptors (Lipinski definition) is 5. The van der Waals surface area contributed by atoms with Gasteiger partial charge >= 0.3 is 0 Å². The third-order valence-electron chi connectivity index (χ3n) is 5.06. The Morgan fingerprint density at radius 2 is 1.80 bits per heavy atom. The third kappa shape index (κ3) is 5.46. The van der Waals surface area contributed by atoms with Crippen molar-refractivity contribution < 1.29 is 27.8 Å². The molecule has 2 aromatic rings. The molecule has 2 aromatic carbocycles. The SMILES string of the molecule is COc1ccc(CN(CCN2CCOCC2)C(=O)c2cc(F)ccc2F)cc1OC. The molecule has 0 atom stereocenters. The fourth-order valence-corrected chi connectivity index (χ4v) is 3.37. The second kappa shape index (κ2) is 10.4. The maximum Gasteiger partial charge on any atom is 0.257 e. The lowest BCUT2D eigenvalue weighted by molar-refractivity contribution is 0.0319. The molecular weight excluding hydrogens is 394 g/mol. The van der Waals surface area contributed by atoms with Crippen LogP contribution >= 0.6 is 0 Å². The Labute approximate surface area is 174 Å². The highest BCUT2D eigenvalue weighted by Crippen LogP contribution is 2.28. The van der Waals surface area contributed by atoms with Crippen molar-refractivity contribution in [1.29, 1.82) is 0 Å². The maximum absolute atomic E-state index is 14.3. The number of hydrogen-bond donors (Lipinski definition) is 0. The number of halogens is 2. The maximum atomic E-state index is 14.3. The van der Waals surface area contributed by atoms with Gasteiger partial charge in [0.15, 0.2) is 11.5 Å². The molecule has 0 spiro atoms. The summed E-state index contributed by atoms with van der Waals surface area (Å²) in [6, 6.07) is 8.25. The average Bonchev–Trinajstić information content (AvgIpc) is 2.78. The minimum Gasteiger partial charge on any atom is -0.493 e. The molecule has 1 saturated heterocycles. The summed E-state index contributed by atoms with van der Waals surface area (Å²) < 4.78 is 43.9. The quantitative estimate of drug-likeness (QED) is 0.657. The fourth-order valence-electron chi connectivity index (χ4n) is 3.37. The van der Waals surface area contributed by atoms with Gasteiger partial charge in [-0.1, -0.05) is 6.07 Å². The second-order valence-corrected chi connectivity index (χ2v) is 6.99. The molecule has 0 N–H and O–H groups in total. The molecule has 162 valence electrons. The monoisotopic (exact) mass is 420 g/mol. The van der Waals surface area contributed by atoms with Gasteiger partial charge in [-0.15, -0.1) is 0 Å². The Balaban J connectivity index is 1.82. The van der Waals surface area contributed by atoms with Gasteiger partial charge < -0.3 is 19.1 Å². The van der Waals surface area contributed by atoms with Gasteiger partial charge in [0.05, 0.1) is 33.0 Å². The first kappa shape index (κ1) is 22.0. The van der Waals surface area contributed by atoms with Crippen molar-refractivity contribution in [3.05, 3.63) is 59.2 Å². The van der Waals surface area contributed by atoms with Gasteiger partial charge in [0.25, 0.3) is 5.91 Å². The zero-order chi connectivity index (χ0) is 21.5. The van der Waals surface area contributed by atoms with Gasteiger partial charge in [0.1, 0.15) is 11.6 Å². The van der Waals surface area contributed by atoms with Crippen LogP contribution in [0.4, 0.5) is 8.78 Å². The molecular formula is C22H26F2N2O4. The molecule has 6 nitrogen and oxygen atoms in total. The van der Waals surface area contributed by atoms with E-state index in [1.165, 1.54) is 12.0 Å². The van der Waals surface area contributed by atoms with Crippen molar-refractivity contribution in [2.45, 2.75) is 6.54 Å². The van der Waals surface area contributed by atoms with Crippen LogP contribution in [0, 0.1) is 11.6 Å². The zero-order valence-corrected chi connectivity index (χ0v) is 17.2. The Morgan fingerprint density at radius 1 is 1.07 bits per heavy atom. The van der Waals surface area contributed by atoms with Crippen LogP contribution in [0.25, 0.3) is 0 Å². The molecule has 0 bridgehead atoms. The molecule has 1 aliphatic heterocycles. The van der Waals surface area contributed by atoms with E-state index in [-0.39, 0.29) is 12.1 Å². The summed E-state index contributed by atoms with van der Waals surface area (Å²) in [5.74, 6) is -0.852. The number of rotatable bonds is 8. The summed E-state index contributed by atoms with van der Waals surface area (Å²) in [6.45, 7) is 4.02. The van der Waals surface area contributed by atoms with Crippen molar-refractivity contribution in [3.8, 4) is 11.5 Å². The van der Waals surface area contributed by atoms with Gasteiger partial charge in [-0.25, -0.2) is 8.78 Å². The highest BCUT2D eigenvalue weighted by molar-refractivity contribution is 5.94. The standard InChI is InChI=1S/C22H26F2N2O4/c1-28-20-6-3-16(13-21(20)29-2)15-26(8-7-25-9-11-30-12-10-25)22(27)18-14-17(23)4-5-19(18)24/h3-6,13-14H,7-12,15H2,1-2H3. The molecule has 0 saturated carbocycles. The third-order valence-corrected chi connectivity index (χ3v) is 5.06. The van der Waals surface area contributed by atoms with E-state index < -0.39 is 17.5 Å². The summed E-state index contributed by atoms with van der Waals surface area (Å²) in [5.41, 5.74) is 0.511. The van der Waals surface area contributed by atoms with Gasteiger partial charge in [-0.2, -0.15) is 0 Å². The van der Waals surface area contributed by atoms with Crippen LogP contribution < -0.4 is 9.47 Å². The van der Waals surface area contributed by atoms with Gasteiger partial charge in [-0.3, -0.25) is 9.69 Å². The molecule has 0 aliphatic carbocycles. The molecule has 1 heterocycles. The van der Waals surface area contributed by atoms with E-state index in [2.05, 4.69) is 4.90 Å². The Morgan fingerprint density at radius 3 is 2.50 bits per heavy atom. The normalized spacial score (nSPS) is 14.4. The number of carbonyl (C=O) groups excluding carboxylic acids is 1. The Bertz CT molecular complexity index is 872. The van der Waals surface area contributed by atoms with Crippen LogP contribution in [0.2, 0.25) is 0 Å². The first-order valence-electron chi connectivity index (χ1n) is 9.77. The van der Waals surface area contributed by atoms with Crippen LogP contribution in [0.3, 0.4) is 0 Å². The van der Waals surface area contributed by atoms with Crippen LogP contribution in [0.1, 0.15) is 15.9 Å². The first-order valence-corrected chi connectivity index (χ1v) is 9.77. The summed E-state index contributed by atoms with van der Waals surface area (Å²) in [7, 11) is 3.08. The molecule has 3 rings (SSSR count). The molecule has 8 heteroatoms. The predicted molar refractivity (Wildman–Crippen MR) is 108 cm³/mol. The van der Waals surface area contributed by atoms with Crippen molar-refractivity contribution in [3.63, 3.8) is 0 Å². The molecule has 1 aliphatic rings. The number of ether oxygens (including phenoxy) is 3. The Hall–Kier alpha value is -2.71.